The summed E-state index contributed by atoms with van der Waals surface area (Å²) in [5.41, 5.74) is 19.9. The fourth-order valence-electron chi connectivity index (χ4n) is 12.4. The van der Waals surface area contributed by atoms with E-state index in [1.54, 1.807) is 0 Å². The van der Waals surface area contributed by atoms with Crippen molar-refractivity contribution in [1.29, 1.82) is 5.26 Å². The van der Waals surface area contributed by atoms with E-state index in [4.69, 9.17) is 28.1 Å². The quantitative estimate of drug-likeness (QED) is 0.142. The molecule has 0 aliphatic heterocycles. The normalized spacial score (nSPS) is 12.2. The van der Waals surface area contributed by atoms with Gasteiger partial charge in [0, 0.05) is 38.2 Å². The minimum absolute atomic E-state index is 0.104. The van der Waals surface area contributed by atoms with Gasteiger partial charge in [0.2, 0.25) is 0 Å². The van der Waals surface area contributed by atoms with Crippen molar-refractivity contribution in [3.8, 4) is 85.0 Å². The van der Waals surface area contributed by atoms with Crippen LogP contribution in [0, 0.1) is 24.5 Å². The number of rotatable bonds is 8. The molecule has 10 aromatic carbocycles. The molecule has 3 aromatic heterocycles. The molecule has 0 N–H and O–H groups in total. The highest BCUT2D eigenvalue weighted by Crippen LogP contribution is 2.45. The van der Waals surface area contributed by atoms with Gasteiger partial charge in [-0.2, -0.15) is 5.26 Å². The predicted molar refractivity (Wildman–Crippen MR) is 373 cm³/mol. The van der Waals surface area contributed by atoms with E-state index < -0.39 is 0 Å². The molecule has 438 valence electrons. The van der Waals surface area contributed by atoms with Gasteiger partial charge in [-0.05, 0) is 174 Å². The Morgan fingerprint density at radius 1 is 0.333 bits per heavy atom. The largest absolute Gasteiger partial charge is 0.309 e. The summed E-state index contributed by atoms with van der Waals surface area (Å²) < 4.78 is 4.74. The Hall–Kier alpha value is -10.7. The van der Waals surface area contributed by atoms with E-state index >= 15 is 0 Å². The maximum absolute atomic E-state index is 10.2. The Balaban J connectivity index is 1.15. The minimum Gasteiger partial charge on any atom is -0.309 e. The van der Waals surface area contributed by atoms with Gasteiger partial charge in [0.15, 0.2) is 28.8 Å². The molecule has 0 spiro atoms. The summed E-state index contributed by atoms with van der Waals surface area (Å²) >= 11 is 0. The van der Waals surface area contributed by atoms with Crippen LogP contribution < -0.4 is 0 Å². The summed E-state index contributed by atoms with van der Waals surface area (Å²) in [5, 5.41) is 14.8. The molecule has 0 saturated carbocycles. The van der Waals surface area contributed by atoms with Crippen LogP contribution in [0.3, 0.4) is 0 Å². The first kappa shape index (κ1) is 58.3. The van der Waals surface area contributed by atoms with Crippen LogP contribution in [0.25, 0.3) is 132 Å². The minimum atomic E-state index is -0.105. The highest BCUT2D eigenvalue weighted by molar-refractivity contribution is 6.12. The molecule has 0 aliphatic rings. The highest BCUT2D eigenvalue weighted by Gasteiger charge is 2.28. The second kappa shape index (κ2) is 21.8. The average molecular weight is 1170 g/mol. The molecule has 0 aliphatic carbocycles. The molecular formula is C82H70N8. The van der Waals surface area contributed by atoms with Crippen LogP contribution in [0.5, 0.6) is 0 Å². The van der Waals surface area contributed by atoms with E-state index in [0.29, 0.717) is 34.4 Å². The van der Waals surface area contributed by atoms with Crippen molar-refractivity contribution in [3.05, 3.63) is 257 Å². The van der Waals surface area contributed by atoms with Crippen molar-refractivity contribution < 1.29 is 0 Å². The third kappa shape index (κ3) is 10.7. The molecule has 0 atom stereocenters. The Bertz CT molecular complexity index is 4780. The van der Waals surface area contributed by atoms with E-state index in [2.05, 4.69) is 248 Å². The summed E-state index contributed by atoms with van der Waals surface area (Å²) in [6, 6.07) is 74.4. The molecule has 90 heavy (non-hydrogen) atoms. The molecule has 13 rings (SSSR count). The highest BCUT2D eigenvalue weighted by atomic mass is 15.1. The number of nitrogens with zero attached hydrogens (tertiary/aromatic N) is 8. The maximum atomic E-state index is 10.2. The van der Waals surface area contributed by atoms with Crippen molar-refractivity contribution >= 4 is 55.0 Å². The van der Waals surface area contributed by atoms with Crippen LogP contribution in [0.15, 0.2) is 206 Å². The van der Waals surface area contributed by atoms with Gasteiger partial charge in [0.1, 0.15) is 0 Å². The van der Waals surface area contributed by atoms with Gasteiger partial charge >= 0.3 is 0 Å². The SMILES string of the molecule is [C-]#[N+]c1cccc(-c2ccc(-c3nc(-c4cc(-c5cccc(C#N)c5)ccc4-n4c5ccc(C(C)(C)C)cc5c5cc(C(C)(C)C)ccc54)nc(-c4cc(-c5cccc([N+]#[C-])c5)ccc4-n4c5ccc(C(C)(C)C)cc5c5cc(C(C)(C)C)ccc54)n3)cc2)c1. The van der Waals surface area contributed by atoms with Crippen LogP contribution in [0.2, 0.25) is 0 Å². The van der Waals surface area contributed by atoms with Gasteiger partial charge < -0.3 is 9.13 Å². The first-order chi connectivity index (χ1) is 42.9. The number of hydrogen-bond acceptors (Lipinski definition) is 4. The Morgan fingerprint density at radius 3 is 1.02 bits per heavy atom. The maximum Gasteiger partial charge on any atom is 0.187 e. The van der Waals surface area contributed by atoms with Crippen molar-refractivity contribution in [1.82, 2.24) is 24.1 Å². The molecule has 0 bridgehead atoms. The standard InChI is InChI=1S/C82H70N8/c1-79(2,3)58-30-36-70-64(45-58)65-46-59(80(4,5)6)31-37-71(65)89(70)74-34-28-56(53-19-15-18-50(40-53)49-83)43-68(74)77-86-76(52-26-24-51(25-27-52)54-20-16-22-62(41-54)84-13)87-78(88-77)69-44-57(55-21-17-23-63(42-55)85-14)29-35-75(69)90-72-38-32-60(81(7,8)9)47-66(72)67-48-61(82(10,11)12)33-39-73(67)90/h15-48H,1-12H3. The van der Waals surface area contributed by atoms with Crippen LogP contribution in [0.1, 0.15) is 111 Å². The van der Waals surface area contributed by atoms with E-state index in [9.17, 15) is 5.26 Å². The van der Waals surface area contributed by atoms with Crippen molar-refractivity contribution in [2.75, 3.05) is 0 Å². The molecule has 0 unspecified atom stereocenters. The predicted octanol–water partition coefficient (Wildman–Crippen LogP) is 22.2. The van der Waals surface area contributed by atoms with Crippen molar-refractivity contribution in [2.24, 2.45) is 0 Å². The third-order valence-corrected chi connectivity index (χ3v) is 17.7. The fraction of sp³-hybridized carbons (Fsp3) is 0.195. The number of aromatic nitrogens is 5. The van der Waals surface area contributed by atoms with Crippen LogP contribution in [-0.4, -0.2) is 24.1 Å². The van der Waals surface area contributed by atoms with Crippen molar-refractivity contribution in [3.63, 3.8) is 0 Å². The second-order valence-electron chi connectivity index (χ2n) is 28.0. The van der Waals surface area contributed by atoms with Gasteiger partial charge in [-0.15, -0.1) is 0 Å². The summed E-state index contributed by atoms with van der Waals surface area (Å²) in [6.07, 6.45) is 0. The Labute approximate surface area is 528 Å². The number of benzene rings is 10. The van der Waals surface area contributed by atoms with Gasteiger partial charge in [0.25, 0.3) is 0 Å². The molecule has 0 amide bonds. The van der Waals surface area contributed by atoms with Gasteiger partial charge in [-0.3, -0.25) is 0 Å². The third-order valence-electron chi connectivity index (χ3n) is 17.7. The molecular weight excluding hydrogens is 1100 g/mol. The van der Waals surface area contributed by atoms with Gasteiger partial charge in [0.05, 0.1) is 58.2 Å². The van der Waals surface area contributed by atoms with Crippen LogP contribution in [-0.2, 0) is 21.7 Å². The summed E-state index contributed by atoms with van der Waals surface area (Å²) in [5.74, 6) is 1.36. The Kier molecular flexibility index (Phi) is 14.2. The molecule has 0 saturated heterocycles. The summed E-state index contributed by atoms with van der Waals surface area (Å²) in [6.45, 7) is 43.0. The number of hydrogen-bond donors (Lipinski definition) is 0. The molecule has 8 nitrogen and oxygen atoms in total. The topological polar surface area (TPSA) is 81.0 Å². The average Bonchev–Trinajstić information content (AvgIpc) is 1.56. The van der Waals surface area contributed by atoms with Crippen molar-refractivity contribution in [2.45, 2.75) is 105 Å². The lowest BCUT2D eigenvalue weighted by Crippen LogP contribution is -2.10. The fourth-order valence-corrected chi connectivity index (χ4v) is 12.4. The lowest BCUT2D eigenvalue weighted by Gasteiger charge is -2.20. The van der Waals surface area contributed by atoms with Crippen LogP contribution in [0.4, 0.5) is 11.4 Å². The van der Waals surface area contributed by atoms with E-state index in [-0.39, 0.29) is 21.7 Å². The number of nitriles is 1. The zero-order chi connectivity index (χ0) is 63.2. The number of fused-ring (bicyclic) bond motifs is 6. The summed E-state index contributed by atoms with van der Waals surface area (Å²) in [4.78, 5) is 24.6. The monoisotopic (exact) mass is 1170 g/mol. The van der Waals surface area contributed by atoms with E-state index in [0.717, 1.165) is 105 Å². The van der Waals surface area contributed by atoms with Gasteiger partial charge in [-0.1, -0.05) is 192 Å². The lowest BCUT2D eigenvalue weighted by molar-refractivity contribution is 0.590. The Morgan fingerprint density at radius 2 is 0.656 bits per heavy atom. The zero-order valence-corrected chi connectivity index (χ0v) is 53.2. The molecule has 8 heteroatoms. The first-order valence-electron chi connectivity index (χ1n) is 30.8. The van der Waals surface area contributed by atoms with Crippen LogP contribution >= 0.6 is 0 Å². The van der Waals surface area contributed by atoms with E-state index in [1.807, 2.05) is 66.7 Å². The molecule has 13 aromatic rings. The summed E-state index contributed by atoms with van der Waals surface area (Å²) in [7, 11) is 0. The molecule has 3 heterocycles. The second-order valence-corrected chi connectivity index (χ2v) is 28.0. The molecule has 0 radical (unpaired) electrons. The lowest BCUT2D eigenvalue weighted by atomic mass is 9.85. The van der Waals surface area contributed by atoms with Gasteiger partial charge in [-0.25, -0.2) is 24.6 Å². The van der Waals surface area contributed by atoms with E-state index in [1.165, 1.54) is 22.3 Å². The smallest absolute Gasteiger partial charge is 0.187 e. The first-order valence-corrected chi connectivity index (χ1v) is 30.8. The zero-order valence-electron chi connectivity index (χ0n) is 53.2. The molecule has 0 fully saturated rings.